The third-order valence-corrected chi connectivity index (χ3v) is 5.18. The molecule has 1 unspecified atom stereocenters. The van der Waals surface area contributed by atoms with Crippen LogP contribution in [0.2, 0.25) is 0 Å². The number of likely N-dealkylation sites (tertiary alicyclic amines) is 1. The van der Waals surface area contributed by atoms with Gasteiger partial charge in [-0.15, -0.1) is 0 Å². The molecule has 1 aromatic heterocycles. The van der Waals surface area contributed by atoms with Crippen molar-refractivity contribution in [3.8, 4) is 0 Å². The number of Topliss-reactive ketones (excluding diaryl/α,β-unsaturated/α-hetero) is 1. The van der Waals surface area contributed by atoms with Crippen LogP contribution in [0.5, 0.6) is 0 Å². The zero-order valence-corrected chi connectivity index (χ0v) is 16.0. The quantitative estimate of drug-likeness (QED) is 0.628. The number of nitrogens with zero attached hydrogens (tertiary/aromatic N) is 3. The van der Waals surface area contributed by atoms with Gasteiger partial charge in [-0.05, 0) is 50.3 Å². The Kier molecular flexibility index (Phi) is 7.47. The first-order valence-corrected chi connectivity index (χ1v) is 9.76. The number of rotatable bonds is 9. The smallest absolute Gasteiger partial charge is 0.135 e. The lowest BCUT2D eigenvalue weighted by Crippen LogP contribution is -2.37. The number of hydrogen-bond donors (Lipinski definition) is 0. The minimum absolute atomic E-state index is 0.192. The predicted octanol–water partition coefficient (Wildman–Crippen LogP) is 4.43. The second kappa shape index (κ2) is 9.36. The van der Waals surface area contributed by atoms with Crippen molar-refractivity contribution in [3.05, 3.63) is 18.0 Å². The lowest BCUT2D eigenvalue weighted by atomic mass is 10.0. The summed E-state index contributed by atoms with van der Waals surface area (Å²) in [4.78, 5) is 14.2. The Morgan fingerprint density at radius 2 is 2.04 bits per heavy atom. The molecule has 4 nitrogen and oxygen atoms in total. The fraction of sp³-hybridized carbons (Fsp3) is 0.800. The molecule has 0 N–H and O–H groups in total. The number of carbonyl (C=O) groups excluding carboxylic acids is 1. The normalized spacial score (nSPS) is 19.3. The van der Waals surface area contributed by atoms with Gasteiger partial charge in [-0.3, -0.25) is 9.48 Å². The number of carbonyl (C=O) groups is 1. The zero-order valence-electron chi connectivity index (χ0n) is 16.0. The molecule has 0 saturated carbocycles. The Balaban J connectivity index is 1.70. The standard InChI is InChI=1S/C20H35N3O/c1-16(2)18-13-21-23(14-18)19-9-8-12-22(15-19)11-7-5-6-10-20(24)17(3)4/h13-14,16-17,19H,5-12,15H2,1-4H3. The molecule has 2 heterocycles. The van der Waals surface area contributed by atoms with E-state index in [4.69, 9.17) is 0 Å². The molecule has 24 heavy (non-hydrogen) atoms. The van der Waals surface area contributed by atoms with Crippen molar-refractivity contribution in [2.45, 2.75) is 78.2 Å². The monoisotopic (exact) mass is 333 g/mol. The summed E-state index contributed by atoms with van der Waals surface area (Å²) in [6.45, 7) is 11.9. The summed E-state index contributed by atoms with van der Waals surface area (Å²) in [5.41, 5.74) is 1.34. The van der Waals surface area contributed by atoms with Gasteiger partial charge >= 0.3 is 0 Å². The topological polar surface area (TPSA) is 38.1 Å². The van der Waals surface area contributed by atoms with Gasteiger partial charge in [0.15, 0.2) is 0 Å². The summed E-state index contributed by atoms with van der Waals surface area (Å²) in [6.07, 6.45) is 10.9. The molecule has 1 aliphatic heterocycles. The SMILES string of the molecule is CC(C)C(=O)CCCCCN1CCCC(n2cc(C(C)C)cn2)C1. The molecule has 4 heteroatoms. The molecule has 0 spiro atoms. The van der Waals surface area contributed by atoms with E-state index in [1.54, 1.807) is 0 Å². The van der Waals surface area contributed by atoms with E-state index in [9.17, 15) is 4.79 Å². The molecule has 2 rings (SSSR count). The maximum absolute atomic E-state index is 11.6. The molecule has 1 atom stereocenters. The number of unbranched alkanes of at least 4 members (excludes halogenated alkanes) is 2. The lowest BCUT2D eigenvalue weighted by molar-refractivity contribution is -0.122. The maximum atomic E-state index is 11.6. The van der Waals surface area contributed by atoms with Gasteiger partial charge in [0.2, 0.25) is 0 Å². The molecular formula is C20H35N3O. The van der Waals surface area contributed by atoms with Crippen LogP contribution in [0, 0.1) is 5.92 Å². The Morgan fingerprint density at radius 3 is 2.71 bits per heavy atom. The molecule has 1 saturated heterocycles. The van der Waals surface area contributed by atoms with E-state index in [1.807, 2.05) is 20.0 Å². The van der Waals surface area contributed by atoms with E-state index in [1.165, 1.54) is 37.8 Å². The second-order valence-electron chi connectivity index (χ2n) is 7.94. The molecule has 0 bridgehead atoms. The van der Waals surface area contributed by atoms with E-state index in [-0.39, 0.29) is 5.92 Å². The molecule has 136 valence electrons. The van der Waals surface area contributed by atoms with Crippen LogP contribution in [0.15, 0.2) is 12.4 Å². The Bertz CT molecular complexity index is 507. The summed E-state index contributed by atoms with van der Waals surface area (Å²) in [7, 11) is 0. The van der Waals surface area contributed by atoms with Crippen molar-refractivity contribution in [2.75, 3.05) is 19.6 Å². The fourth-order valence-corrected chi connectivity index (χ4v) is 3.40. The van der Waals surface area contributed by atoms with Crippen LogP contribution < -0.4 is 0 Å². The van der Waals surface area contributed by atoms with Crippen molar-refractivity contribution in [1.82, 2.24) is 14.7 Å². The number of piperidine rings is 1. The summed E-state index contributed by atoms with van der Waals surface area (Å²) in [5, 5.41) is 4.59. The van der Waals surface area contributed by atoms with Crippen LogP contribution >= 0.6 is 0 Å². The van der Waals surface area contributed by atoms with Gasteiger partial charge in [-0.2, -0.15) is 5.10 Å². The van der Waals surface area contributed by atoms with Crippen molar-refractivity contribution in [1.29, 1.82) is 0 Å². The molecule has 1 fully saturated rings. The summed E-state index contributed by atoms with van der Waals surface area (Å²) < 4.78 is 2.18. The first-order chi connectivity index (χ1) is 11.5. The first-order valence-electron chi connectivity index (χ1n) is 9.76. The average Bonchev–Trinajstić information content (AvgIpc) is 3.05. The minimum Gasteiger partial charge on any atom is -0.301 e. The highest BCUT2D eigenvalue weighted by Gasteiger charge is 2.21. The van der Waals surface area contributed by atoms with Crippen molar-refractivity contribution >= 4 is 5.78 Å². The molecule has 0 aliphatic carbocycles. The van der Waals surface area contributed by atoms with E-state index >= 15 is 0 Å². The van der Waals surface area contributed by atoms with Crippen molar-refractivity contribution in [3.63, 3.8) is 0 Å². The van der Waals surface area contributed by atoms with Crippen LogP contribution in [-0.2, 0) is 4.79 Å². The fourth-order valence-electron chi connectivity index (χ4n) is 3.40. The van der Waals surface area contributed by atoms with Gasteiger partial charge in [0.1, 0.15) is 5.78 Å². The number of hydrogen-bond acceptors (Lipinski definition) is 3. The molecule has 1 aliphatic rings. The summed E-state index contributed by atoms with van der Waals surface area (Å²) in [5.74, 6) is 1.15. The second-order valence-corrected chi connectivity index (χ2v) is 7.94. The third-order valence-electron chi connectivity index (χ3n) is 5.18. The Labute approximate surface area is 147 Å². The summed E-state index contributed by atoms with van der Waals surface area (Å²) >= 11 is 0. The van der Waals surface area contributed by atoms with Crippen molar-refractivity contribution in [2.24, 2.45) is 5.92 Å². The summed E-state index contributed by atoms with van der Waals surface area (Å²) in [6, 6.07) is 0.522. The maximum Gasteiger partial charge on any atom is 0.135 e. The highest BCUT2D eigenvalue weighted by molar-refractivity contribution is 5.80. The Morgan fingerprint density at radius 1 is 1.25 bits per heavy atom. The number of ketones is 1. The molecule has 0 amide bonds. The van der Waals surface area contributed by atoms with Crippen LogP contribution in [0.4, 0.5) is 0 Å². The average molecular weight is 334 g/mol. The van der Waals surface area contributed by atoms with E-state index < -0.39 is 0 Å². The molecular weight excluding hydrogens is 298 g/mol. The highest BCUT2D eigenvalue weighted by atomic mass is 16.1. The van der Waals surface area contributed by atoms with Crippen LogP contribution in [0.3, 0.4) is 0 Å². The van der Waals surface area contributed by atoms with Crippen LogP contribution in [-0.4, -0.2) is 40.1 Å². The minimum atomic E-state index is 0.192. The van der Waals surface area contributed by atoms with Gasteiger partial charge in [-0.1, -0.05) is 34.1 Å². The van der Waals surface area contributed by atoms with Crippen molar-refractivity contribution < 1.29 is 4.79 Å². The largest absolute Gasteiger partial charge is 0.301 e. The van der Waals surface area contributed by atoms with Gasteiger partial charge in [0.05, 0.1) is 12.2 Å². The predicted molar refractivity (Wildman–Crippen MR) is 99.3 cm³/mol. The first kappa shape index (κ1) is 19.2. The molecule has 0 radical (unpaired) electrons. The highest BCUT2D eigenvalue weighted by Crippen LogP contribution is 2.23. The van der Waals surface area contributed by atoms with Crippen LogP contribution in [0.1, 0.15) is 83.7 Å². The van der Waals surface area contributed by atoms with Gasteiger partial charge in [0, 0.05) is 25.1 Å². The third kappa shape index (κ3) is 5.73. The van der Waals surface area contributed by atoms with Gasteiger partial charge < -0.3 is 4.90 Å². The molecule has 0 aromatic carbocycles. The van der Waals surface area contributed by atoms with E-state index in [0.29, 0.717) is 17.7 Å². The van der Waals surface area contributed by atoms with Gasteiger partial charge in [-0.25, -0.2) is 0 Å². The number of aromatic nitrogens is 2. The molecule has 1 aromatic rings. The zero-order chi connectivity index (χ0) is 17.5. The van der Waals surface area contributed by atoms with E-state index in [0.717, 1.165) is 25.9 Å². The Hall–Kier alpha value is -1.16. The van der Waals surface area contributed by atoms with Gasteiger partial charge in [0.25, 0.3) is 0 Å². The van der Waals surface area contributed by atoms with Crippen LogP contribution in [0.25, 0.3) is 0 Å². The van der Waals surface area contributed by atoms with E-state index in [2.05, 4.69) is 34.7 Å². The lowest BCUT2D eigenvalue weighted by Gasteiger charge is -2.32.